The molecule has 3 rings (SSSR count). The van der Waals surface area contributed by atoms with E-state index < -0.39 is 0 Å². The number of hydrogen-bond acceptors (Lipinski definition) is 3. The smallest absolute Gasteiger partial charge is 0.264 e. The van der Waals surface area contributed by atoms with Gasteiger partial charge in [0.1, 0.15) is 5.82 Å². The molecule has 0 bridgehead atoms. The number of rotatable bonds is 5. The Hall–Kier alpha value is -2.40. The van der Waals surface area contributed by atoms with E-state index in [1.54, 1.807) is 18.2 Å². The van der Waals surface area contributed by atoms with Crippen LogP contribution in [0.25, 0.3) is 6.08 Å². The number of nitrogens with one attached hydrogen (secondary N) is 1. The first kappa shape index (κ1) is 17.4. The molecule has 2 aromatic rings. The number of nitrogens with zero attached hydrogens (tertiary/aromatic N) is 1. The fourth-order valence-electron chi connectivity index (χ4n) is 2.43. The minimum atomic E-state index is -0.296. The van der Waals surface area contributed by atoms with Crippen LogP contribution in [0.1, 0.15) is 30.9 Å². The largest absolute Gasteiger partial charge is 0.300 e. The van der Waals surface area contributed by atoms with Gasteiger partial charge in [-0.3, -0.25) is 4.79 Å². The summed E-state index contributed by atoms with van der Waals surface area (Å²) in [5.74, 6) is -0.483. The third-order valence-corrected chi connectivity index (χ3v) is 4.71. The topological polar surface area (TPSA) is 41.5 Å². The van der Waals surface area contributed by atoms with Crippen LogP contribution >= 0.6 is 11.8 Å². The van der Waals surface area contributed by atoms with Crippen LogP contribution in [-0.2, 0) is 11.2 Å². The number of unbranched alkanes of at least 4 members (excludes halogenated alkanes) is 1. The quantitative estimate of drug-likeness (QED) is 0.763. The Kier molecular flexibility index (Phi) is 5.66. The second-order valence-electron chi connectivity index (χ2n) is 5.80. The zero-order valence-corrected chi connectivity index (χ0v) is 14.8. The zero-order chi connectivity index (χ0) is 17.6. The fraction of sp³-hybridized carbons (Fsp3) is 0.200. The van der Waals surface area contributed by atoms with Crippen LogP contribution in [0.3, 0.4) is 0 Å². The number of halogens is 1. The van der Waals surface area contributed by atoms with Crippen LogP contribution in [0.15, 0.2) is 58.4 Å². The fourth-order valence-corrected chi connectivity index (χ4v) is 3.27. The standard InChI is InChI=1S/C20H19FN2OS/c1-2-3-4-14-7-11-17(12-8-14)22-20-23-19(24)18(25-20)13-15-5-9-16(21)10-6-15/h5-13H,2-4H2,1H3,(H,22,23,24). The van der Waals surface area contributed by atoms with Gasteiger partial charge in [-0.15, -0.1) is 0 Å². The highest BCUT2D eigenvalue weighted by molar-refractivity contribution is 8.18. The van der Waals surface area contributed by atoms with Crippen molar-refractivity contribution in [1.82, 2.24) is 5.32 Å². The van der Waals surface area contributed by atoms with Crippen molar-refractivity contribution in [3.63, 3.8) is 0 Å². The molecule has 3 nitrogen and oxygen atoms in total. The zero-order valence-electron chi connectivity index (χ0n) is 14.0. The van der Waals surface area contributed by atoms with Crippen LogP contribution in [0.4, 0.5) is 10.1 Å². The molecule has 0 aromatic heterocycles. The first-order chi connectivity index (χ1) is 12.1. The minimum absolute atomic E-state index is 0.187. The Labute approximate surface area is 151 Å². The summed E-state index contributed by atoms with van der Waals surface area (Å²) in [4.78, 5) is 17.1. The molecule has 1 fully saturated rings. The van der Waals surface area contributed by atoms with E-state index in [2.05, 4.69) is 29.4 Å². The van der Waals surface area contributed by atoms with Crippen molar-refractivity contribution in [3.8, 4) is 0 Å². The van der Waals surface area contributed by atoms with Gasteiger partial charge < -0.3 is 5.32 Å². The van der Waals surface area contributed by atoms with Crippen molar-refractivity contribution in [2.24, 2.45) is 4.99 Å². The molecule has 0 unspecified atom stereocenters. The number of aryl methyl sites for hydroxylation is 1. The van der Waals surface area contributed by atoms with E-state index in [9.17, 15) is 9.18 Å². The summed E-state index contributed by atoms with van der Waals surface area (Å²) in [5, 5.41) is 3.32. The third-order valence-electron chi connectivity index (χ3n) is 3.80. The normalized spacial score (nSPS) is 17.3. The van der Waals surface area contributed by atoms with Gasteiger partial charge in [-0.05, 0) is 66.1 Å². The van der Waals surface area contributed by atoms with Crippen molar-refractivity contribution < 1.29 is 9.18 Å². The molecular formula is C20H19FN2OS. The van der Waals surface area contributed by atoms with Crippen LogP contribution in [0.2, 0.25) is 0 Å². The van der Waals surface area contributed by atoms with Crippen molar-refractivity contribution >= 4 is 34.6 Å². The molecule has 1 amide bonds. The molecule has 1 aliphatic rings. The summed E-state index contributed by atoms with van der Waals surface area (Å²) < 4.78 is 13.0. The molecule has 0 aliphatic carbocycles. The molecule has 25 heavy (non-hydrogen) atoms. The van der Waals surface area contributed by atoms with Crippen molar-refractivity contribution in [3.05, 3.63) is 70.4 Å². The maximum absolute atomic E-state index is 13.0. The summed E-state index contributed by atoms with van der Waals surface area (Å²) in [5.41, 5.74) is 2.89. The van der Waals surface area contributed by atoms with Gasteiger partial charge >= 0.3 is 0 Å². The van der Waals surface area contributed by atoms with Gasteiger partial charge in [0.2, 0.25) is 0 Å². The van der Waals surface area contributed by atoms with Gasteiger partial charge in [0.05, 0.1) is 10.6 Å². The summed E-state index contributed by atoms with van der Waals surface area (Å²) in [6.45, 7) is 2.18. The van der Waals surface area contributed by atoms with Crippen molar-refractivity contribution in [2.45, 2.75) is 26.2 Å². The summed E-state index contributed by atoms with van der Waals surface area (Å²) >= 11 is 1.29. The Morgan fingerprint density at radius 3 is 2.52 bits per heavy atom. The number of hydrogen-bond donors (Lipinski definition) is 1. The molecule has 0 atom stereocenters. The van der Waals surface area contributed by atoms with Crippen molar-refractivity contribution in [1.29, 1.82) is 0 Å². The van der Waals surface area contributed by atoms with E-state index in [4.69, 9.17) is 0 Å². The van der Waals surface area contributed by atoms with Crippen LogP contribution in [-0.4, -0.2) is 11.1 Å². The lowest BCUT2D eigenvalue weighted by molar-refractivity contribution is -0.115. The van der Waals surface area contributed by atoms with Gasteiger partial charge in [0, 0.05) is 0 Å². The molecule has 0 saturated carbocycles. The van der Waals surface area contributed by atoms with E-state index in [1.807, 2.05) is 12.1 Å². The molecule has 0 spiro atoms. The molecule has 5 heteroatoms. The lowest BCUT2D eigenvalue weighted by Crippen LogP contribution is -2.19. The average Bonchev–Trinajstić information content (AvgIpc) is 2.95. The Balaban J connectivity index is 1.71. The third kappa shape index (κ3) is 4.79. The van der Waals surface area contributed by atoms with Gasteiger partial charge in [-0.1, -0.05) is 37.6 Å². The Bertz CT molecular complexity index is 811. The van der Waals surface area contributed by atoms with Gasteiger partial charge in [0.25, 0.3) is 5.91 Å². The summed E-state index contributed by atoms with van der Waals surface area (Å²) in [7, 11) is 0. The van der Waals surface area contributed by atoms with Gasteiger partial charge in [-0.2, -0.15) is 0 Å². The molecular weight excluding hydrogens is 335 g/mol. The number of amides is 1. The van der Waals surface area contributed by atoms with E-state index in [0.717, 1.165) is 17.7 Å². The van der Waals surface area contributed by atoms with E-state index in [-0.39, 0.29) is 11.7 Å². The summed E-state index contributed by atoms with van der Waals surface area (Å²) in [6, 6.07) is 14.1. The molecule has 1 aliphatic heterocycles. The number of aliphatic imine (C=N–C) groups is 1. The number of carbonyl (C=O) groups excluding carboxylic acids is 1. The second-order valence-corrected chi connectivity index (χ2v) is 6.83. The minimum Gasteiger partial charge on any atom is -0.300 e. The Morgan fingerprint density at radius 1 is 1.12 bits per heavy atom. The van der Waals surface area contributed by atoms with Gasteiger partial charge in [-0.25, -0.2) is 9.38 Å². The monoisotopic (exact) mass is 354 g/mol. The molecule has 0 radical (unpaired) electrons. The number of benzene rings is 2. The highest BCUT2D eigenvalue weighted by atomic mass is 32.2. The molecule has 1 N–H and O–H groups in total. The maximum atomic E-state index is 13.0. The lowest BCUT2D eigenvalue weighted by Gasteiger charge is -2.01. The van der Waals surface area contributed by atoms with Crippen LogP contribution in [0, 0.1) is 5.82 Å². The first-order valence-corrected chi connectivity index (χ1v) is 9.10. The lowest BCUT2D eigenvalue weighted by atomic mass is 10.1. The van der Waals surface area contributed by atoms with Crippen molar-refractivity contribution in [2.75, 3.05) is 0 Å². The number of amidine groups is 1. The Morgan fingerprint density at radius 2 is 1.84 bits per heavy atom. The van der Waals surface area contributed by atoms with E-state index in [0.29, 0.717) is 10.1 Å². The highest BCUT2D eigenvalue weighted by Gasteiger charge is 2.23. The molecule has 128 valence electrons. The van der Waals surface area contributed by atoms with Crippen LogP contribution in [0.5, 0.6) is 0 Å². The molecule has 1 heterocycles. The second kappa shape index (κ2) is 8.12. The number of carbonyl (C=O) groups is 1. The molecule has 2 aromatic carbocycles. The molecule has 1 saturated heterocycles. The van der Waals surface area contributed by atoms with Crippen LogP contribution < -0.4 is 5.32 Å². The van der Waals surface area contributed by atoms with Gasteiger partial charge in [0.15, 0.2) is 5.17 Å². The SMILES string of the molecule is CCCCc1ccc(N=C2NC(=O)C(=Cc3ccc(F)cc3)S2)cc1. The first-order valence-electron chi connectivity index (χ1n) is 8.28. The average molecular weight is 354 g/mol. The predicted molar refractivity (Wildman–Crippen MR) is 102 cm³/mol. The maximum Gasteiger partial charge on any atom is 0.264 e. The van der Waals surface area contributed by atoms with E-state index >= 15 is 0 Å². The highest BCUT2D eigenvalue weighted by Crippen LogP contribution is 2.28. The summed E-state index contributed by atoms with van der Waals surface area (Å²) in [6.07, 6.45) is 5.16. The number of thioether (sulfide) groups is 1. The predicted octanol–water partition coefficient (Wildman–Crippen LogP) is 5.06. The van der Waals surface area contributed by atoms with E-state index in [1.165, 1.54) is 42.3 Å².